The lowest BCUT2D eigenvalue weighted by molar-refractivity contribution is -0.139. The molecule has 9 nitrogen and oxygen atoms in total. The number of benzene rings is 1. The van der Waals surface area contributed by atoms with E-state index in [1.54, 1.807) is 17.0 Å². The average Bonchev–Trinajstić information content (AvgIpc) is 2.89. The Balaban J connectivity index is 1.43. The number of sulfonamides is 1. The number of nitrogens with zero attached hydrogens (tertiary/aromatic N) is 3. The van der Waals surface area contributed by atoms with Gasteiger partial charge in [-0.15, -0.1) is 0 Å². The summed E-state index contributed by atoms with van der Waals surface area (Å²) in [5.74, 6) is -0.345. The first-order valence-electron chi connectivity index (χ1n) is 10.5. The Morgan fingerprint density at radius 1 is 1.26 bits per heavy atom. The minimum Gasteiger partial charge on any atom is -0.465 e. The van der Waals surface area contributed by atoms with Gasteiger partial charge < -0.3 is 9.64 Å². The lowest BCUT2D eigenvalue weighted by atomic mass is 9.82. The molecule has 1 N–H and O–H groups in total. The molecule has 31 heavy (non-hydrogen) atoms. The van der Waals surface area contributed by atoms with Crippen LogP contribution in [0, 0.1) is 11.3 Å². The Morgan fingerprint density at radius 3 is 2.48 bits per heavy atom. The van der Waals surface area contributed by atoms with Crippen molar-refractivity contribution in [3.05, 3.63) is 29.8 Å². The van der Waals surface area contributed by atoms with E-state index in [1.165, 1.54) is 23.5 Å². The normalized spacial score (nSPS) is 27.3. The highest BCUT2D eigenvalue weighted by Crippen LogP contribution is 2.43. The van der Waals surface area contributed by atoms with E-state index in [1.807, 2.05) is 18.7 Å². The number of carbonyl (C=O) groups is 2. The molecular formula is C21H28N4O5S. The maximum absolute atomic E-state index is 13.2. The van der Waals surface area contributed by atoms with Crippen molar-refractivity contribution in [2.75, 3.05) is 26.7 Å². The number of methoxy groups -OCH3 is 1. The Labute approximate surface area is 182 Å². The van der Waals surface area contributed by atoms with Crippen LogP contribution in [0.5, 0.6) is 0 Å². The smallest absolute Gasteiger partial charge is 0.339 e. The predicted molar refractivity (Wildman–Crippen MR) is 113 cm³/mol. The van der Waals surface area contributed by atoms with Crippen molar-refractivity contribution < 1.29 is 22.7 Å². The zero-order chi connectivity index (χ0) is 22.6. The molecule has 3 aliphatic rings. The summed E-state index contributed by atoms with van der Waals surface area (Å²) in [5, 5.41) is 8.41. The lowest BCUT2D eigenvalue weighted by Crippen LogP contribution is -2.63. The van der Waals surface area contributed by atoms with Crippen molar-refractivity contribution in [2.45, 2.75) is 49.6 Å². The van der Waals surface area contributed by atoms with Gasteiger partial charge in [0.15, 0.2) is 0 Å². The first-order valence-corrected chi connectivity index (χ1v) is 11.9. The number of nitrogens with one attached hydrogen (secondary N) is 1. The van der Waals surface area contributed by atoms with Crippen LogP contribution in [-0.4, -0.2) is 78.7 Å². The SMILES string of the molecule is COC(=O)c1ccccc1S(=O)(=O)N1CCC(CN2C(=N)N3C(C)CC3(C)C2=O)CC1. The van der Waals surface area contributed by atoms with Crippen LogP contribution in [0.4, 0.5) is 0 Å². The van der Waals surface area contributed by atoms with E-state index in [2.05, 4.69) is 0 Å². The van der Waals surface area contributed by atoms with Crippen LogP contribution in [0.25, 0.3) is 0 Å². The highest BCUT2D eigenvalue weighted by atomic mass is 32.2. The van der Waals surface area contributed by atoms with Crippen LogP contribution < -0.4 is 0 Å². The molecule has 2 atom stereocenters. The van der Waals surface area contributed by atoms with Gasteiger partial charge in [-0.2, -0.15) is 4.31 Å². The third-order valence-electron chi connectivity index (χ3n) is 6.78. The molecule has 1 aromatic rings. The number of ether oxygens (including phenoxy) is 1. The van der Waals surface area contributed by atoms with Crippen molar-refractivity contribution in [3.63, 3.8) is 0 Å². The molecule has 3 heterocycles. The summed E-state index contributed by atoms with van der Waals surface area (Å²) in [7, 11) is -2.62. The van der Waals surface area contributed by atoms with E-state index in [0.717, 1.165) is 6.42 Å². The second kappa shape index (κ2) is 7.59. The van der Waals surface area contributed by atoms with Gasteiger partial charge in [0.2, 0.25) is 16.0 Å². The zero-order valence-electron chi connectivity index (χ0n) is 18.0. The number of piperidine rings is 1. The molecule has 2 unspecified atom stereocenters. The van der Waals surface area contributed by atoms with Gasteiger partial charge in [-0.3, -0.25) is 15.1 Å². The van der Waals surface area contributed by atoms with Crippen LogP contribution in [0.3, 0.4) is 0 Å². The molecule has 3 fully saturated rings. The first kappa shape index (κ1) is 21.8. The summed E-state index contributed by atoms with van der Waals surface area (Å²) >= 11 is 0. The number of rotatable bonds is 5. The van der Waals surface area contributed by atoms with Gasteiger partial charge in [-0.05, 0) is 51.2 Å². The number of guanidine groups is 1. The third kappa shape index (κ3) is 3.32. The van der Waals surface area contributed by atoms with Crippen LogP contribution in [-0.2, 0) is 19.6 Å². The second-order valence-electron chi connectivity index (χ2n) is 8.77. The Morgan fingerprint density at radius 2 is 1.90 bits per heavy atom. The Kier molecular flexibility index (Phi) is 5.33. The van der Waals surface area contributed by atoms with Crippen molar-refractivity contribution in [2.24, 2.45) is 5.92 Å². The maximum atomic E-state index is 13.2. The van der Waals surface area contributed by atoms with Crippen LogP contribution in [0.1, 0.15) is 43.5 Å². The van der Waals surface area contributed by atoms with Gasteiger partial charge in [0.1, 0.15) is 5.54 Å². The van der Waals surface area contributed by atoms with Gasteiger partial charge in [0.25, 0.3) is 5.91 Å². The van der Waals surface area contributed by atoms with Gasteiger partial charge in [0, 0.05) is 25.7 Å². The number of hydrogen-bond acceptors (Lipinski definition) is 6. The van der Waals surface area contributed by atoms with Crippen LogP contribution in [0.2, 0.25) is 0 Å². The van der Waals surface area contributed by atoms with Gasteiger partial charge >= 0.3 is 5.97 Å². The Bertz CT molecular complexity index is 1030. The van der Waals surface area contributed by atoms with E-state index in [4.69, 9.17) is 10.1 Å². The fourth-order valence-corrected chi connectivity index (χ4v) is 6.81. The summed E-state index contributed by atoms with van der Waals surface area (Å²) in [6.07, 6.45) is 1.92. The predicted octanol–water partition coefficient (Wildman–Crippen LogP) is 1.50. The number of hydrogen-bond donors (Lipinski definition) is 1. The van der Waals surface area contributed by atoms with Gasteiger partial charge in [-0.25, -0.2) is 13.2 Å². The molecule has 0 aromatic heterocycles. The standard InChI is InChI=1S/C21H28N4O5S/c1-14-12-21(2)19(27)24(20(22)25(14)21)13-15-8-10-23(11-9-15)31(28,29)17-7-5-4-6-16(17)18(26)30-3/h4-7,14-15,22H,8-13H2,1-3H3. The van der Waals surface area contributed by atoms with Gasteiger partial charge in [-0.1, -0.05) is 12.1 Å². The van der Waals surface area contributed by atoms with Crippen molar-refractivity contribution in [1.29, 1.82) is 5.41 Å². The molecule has 10 heteroatoms. The molecular weight excluding hydrogens is 420 g/mol. The monoisotopic (exact) mass is 448 g/mol. The molecule has 0 aliphatic carbocycles. The minimum atomic E-state index is -3.84. The second-order valence-corrected chi connectivity index (χ2v) is 10.7. The van der Waals surface area contributed by atoms with E-state index >= 15 is 0 Å². The molecule has 0 radical (unpaired) electrons. The molecule has 0 bridgehead atoms. The summed E-state index contributed by atoms with van der Waals surface area (Å²) in [6, 6.07) is 6.24. The molecule has 3 aliphatic heterocycles. The summed E-state index contributed by atoms with van der Waals surface area (Å²) in [6.45, 7) is 4.94. The van der Waals surface area contributed by atoms with Crippen LogP contribution >= 0.6 is 0 Å². The minimum absolute atomic E-state index is 0.0233. The van der Waals surface area contributed by atoms with Gasteiger partial charge in [0.05, 0.1) is 17.6 Å². The molecule has 3 saturated heterocycles. The van der Waals surface area contributed by atoms with Crippen LogP contribution in [0.15, 0.2) is 29.2 Å². The first-order chi connectivity index (χ1) is 14.6. The summed E-state index contributed by atoms with van der Waals surface area (Å²) < 4.78 is 32.5. The van der Waals surface area contributed by atoms with E-state index < -0.39 is 21.5 Å². The largest absolute Gasteiger partial charge is 0.465 e. The molecule has 0 spiro atoms. The summed E-state index contributed by atoms with van der Waals surface area (Å²) in [4.78, 5) is 28.2. The summed E-state index contributed by atoms with van der Waals surface area (Å²) in [5.41, 5.74) is -0.576. The fraction of sp³-hybridized carbons (Fsp3) is 0.571. The topological polar surface area (TPSA) is 111 Å². The van der Waals surface area contributed by atoms with E-state index in [-0.39, 0.29) is 34.3 Å². The molecule has 168 valence electrons. The fourth-order valence-electron chi connectivity index (χ4n) is 5.16. The quantitative estimate of drug-likeness (QED) is 0.684. The average molecular weight is 449 g/mol. The van der Waals surface area contributed by atoms with E-state index in [9.17, 15) is 18.0 Å². The zero-order valence-corrected chi connectivity index (χ0v) is 18.8. The van der Waals surface area contributed by atoms with Crippen molar-refractivity contribution in [3.8, 4) is 0 Å². The van der Waals surface area contributed by atoms with Crippen molar-refractivity contribution >= 4 is 27.9 Å². The Hall–Kier alpha value is -2.46. The van der Waals surface area contributed by atoms with Crippen molar-refractivity contribution in [1.82, 2.24) is 14.1 Å². The third-order valence-corrected chi connectivity index (χ3v) is 8.74. The maximum Gasteiger partial charge on any atom is 0.339 e. The number of esters is 1. The van der Waals surface area contributed by atoms with E-state index in [0.29, 0.717) is 32.5 Å². The lowest BCUT2D eigenvalue weighted by Gasteiger charge is -2.49. The highest BCUT2D eigenvalue weighted by molar-refractivity contribution is 7.89. The molecule has 0 saturated carbocycles. The number of amides is 1. The number of carbonyl (C=O) groups excluding carboxylic acids is 2. The molecule has 4 rings (SSSR count). The molecule has 1 amide bonds. The highest BCUT2D eigenvalue weighted by Gasteiger charge is 2.61. The molecule has 1 aromatic carbocycles. The number of fused-ring (bicyclic) bond motifs is 1.